The molecule has 0 amide bonds. The van der Waals surface area contributed by atoms with E-state index in [1.807, 2.05) is 12.5 Å². The summed E-state index contributed by atoms with van der Waals surface area (Å²) in [5.41, 5.74) is 5.21. The lowest BCUT2D eigenvalue weighted by Gasteiger charge is -2.62. The number of hydrogen-bond donors (Lipinski definition) is 1. The summed E-state index contributed by atoms with van der Waals surface area (Å²) in [5.74, 6) is 2.12. The number of allylic oxidation sites excluding steroid dienone is 3. The maximum absolute atomic E-state index is 12.2. The van der Waals surface area contributed by atoms with E-state index in [9.17, 15) is 9.90 Å². The first kappa shape index (κ1) is 24.2. The summed E-state index contributed by atoms with van der Waals surface area (Å²) >= 11 is 0. The normalized spacial score (nSPS) is 43.8. The highest BCUT2D eigenvalue weighted by Crippen LogP contribution is 2.72. The fourth-order valence-electron chi connectivity index (χ4n) is 9.40. The molecule has 32 heavy (non-hydrogen) atoms. The van der Waals surface area contributed by atoms with Crippen LogP contribution in [0.4, 0.5) is 0 Å². The van der Waals surface area contributed by atoms with Gasteiger partial charge in [-0.05, 0) is 110 Å². The van der Waals surface area contributed by atoms with Crippen molar-refractivity contribution >= 4 is 5.78 Å². The molecule has 0 aromatic heterocycles. The van der Waals surface area contributed by atoms with Gasteiger partial charge in [0.25, 0.3) is 0 Å². The van der Waals surface area contributed by atoms with E-state index in [1.165, 1.54) is 38.5 Å². The molecule has 4 aliphatic rings. The van der Waals surface area contributed by atoms with E-state index >= 15 is 0 Å². The van der Waals surface area contributed by atoms with Crippen LogP contribution in [0.15, 0.2) is 23.3 Å². The summed E-state index contributed by atoms with van der Waals surface area (Å²) in [6.07, 6.45) is 11.2. The van der Waals surface area contributed by atoms with Gasteiger partial charge in [-0.3, -0.25) is 4.79 Å². The van der Waals surface area contributed by atoms with Crippen molar-refractivity contribution < 1.29 is 9.90 Å². The SMILES string of the molecule is C=C(C)C(=O)CCC(C)[C@H]1CC[C@@]2(C)C3=C(CC[C@]12C)[C@@]1(C)CC[C@H](O)C(C)(C)C1CC3. The molecule has 1 N–H and O–H groups in total. The maximum Gasteiger partial charge on any atom is 0.157 e. The van der Waals surface area contributed by atoms with E-state index in [-0.39, 0.29) is 22.7 Å². The van der Waals surface area contributed by atoms with E-state index in [0.717, 1.165) is 19.3 Å². The first-order chi connectivity index (χ1) is 14.8. The molecule has 2 saturated carbocycles. The van der Waals surface area contributed by atoms with Gasteiger partial charge in [0.2, 0.25) is 0 Å². The molecule has 0 aliphatic heterocycles. The molecule has 0 heterocycles. The topological polar surface area (TPSA) is 37.3 Å². The van der Waals surface area contributed by atoms with Crippen LogP contribution in [0.1, 0.15) is 113 Å². The van der Waals surface area contributed by atoms with Crippen LogP contribution in [0.5, 0.6) is 0 Å². The molecular formula is C30H48O2. The smallest absolute Gasteiger partial charge is 0.157 e. The Morgan fingerprint density at radius 1 is 1.03 bits per heavy atom. The number of carbonyl (C=O) groups excluding carboxylic acids is 1. The molecule has 0 spiro atoms. The molecule has 0 saturated heterocycles. The number of aliphatic hydroxyl groups is 1. The largest absolute Gasteiger partial charge is 0.393 e. The van der Waals surface area contributed by atoms with Crippen LogP contribution >= 0.6 is 0 Å². The Bertz CT molecular complexity index is 834. The lowest BCUT2D eigenvalue weighted by molar-refractivity contribution is -0.116. The Morgan fingerprint density at radius 3 is 2.38 bits per heavy atom. The van der Waals surface area contributed by atoms with Crippen molar-refractivity contribution in [2.45, 2.75) is 119 Å². The second-order valence-corrected chi connectivity index (χ2v) is 13.5. The molecular weight excluding hydrogens is 392 g/mol. The number of fused-ring (bicyclic) bond motifs is 4. The highest BCUT2D eigenvalue weighted by Gasteiger charge is 2.63. The van der Waals surface area contributed by atoms with Gasteiger partial charge in [-0.2, -0.15) is 0 Å². The van der Waals surface area contributed by atoms with Crippen molar-refractivity contribution in [2.75, 3.05) is 0 Å². The molecule has 0 aromatic rings. The summed E-state index contributed by atoms with van der Waals surface area (Å²) in [5, 5.41) is 10.8. The van der Waals surface area contributed by atoms with Gasteiger partial charge in [-0.25, -0.2) is 0 Å². The minimum absolute atomic E-state index is 0.00965. The number of hydrogen-bond acceptors (Lipinski definition) is 2. The highest BCUT2D eigenvalue weighted by molar-refractivity contribution is 5.94. The molecule has 2 nitrogen and oxygen atoms in total. The van der Waals surface area contributed by atoms with E-state index in [0.29, 0.717) is 40.6 Å². The molecule has 2 heteroatoms. The first-order valence-electron chi connectivity index (χ1n) is 13.4. The van der Waals surface area contributed by atoms with Crippen LogP contribution in [0.2, 0.25) is 0 Å². The van der Waals surface area contributed by atoms with Gasteiger partial charge >= 0.3 is 0 Å². The third-order valence-electron chi connectivity index (χ3n) is 11.8. The standard InChI is InChI=1S/C30H48O2/c1-19(2)24(31)11-9-20(3)21-13-17-30(8)23-10-12-25-27(4,5)26(32)15-16-28(25,6)22(23)14-18-29(21,30)7/h20-21,25-26,32H,1,9-18H2,2-8H3/t20?,21-,25?,26+,28-,29-,30+/m1/s1. The van der Waals surface area contributed by atoms with Crippen molar-refractivity contribution in [1.29, 1.82) is 0 Å². The number of rotatable bonds is 5. The van der Waals surface area contributed by atoms with Crippen LogP contribution < -0.4 is 0 Å². The van der Waals surface area contributed by atoms with Crippen LogP contribution in [0.25, 0.3) is 0 Å². The van der Waals surface area contributed by atoms with Crippen molar-refractivity contribution in [3.05, 3.63) is 23.3 Å². The van der Waals surface area contributed by atoms with Crippen molar-refractivity contribution in [1.82, 2.24) is 0 Å². The molecule has 4 rings (SSSR count). The second-order valence-electron chi connectivity index (χ2n) is 13.5. The Hall–Kier alpha value is -0.890. The summed E-state index contributed by atoms with van der Waals surface area (Å²) in [6, 6.07) is 0. The lowest BCUT2D eigenvalue weighted by Crippen LogP contribution is -2.55. The van der Waals surface area contributed by atoms with Crippen molar-refractivity contribution in [3.8, 4) is 0 Å². The van der Waals surface area contributed by atoms with Crippen molar-refractivity contribution in [3.63, 3.8) is 0 Å². The van der Waals surface area contributed by atoms with Gasteiger partial charge in [-0.1, -0.05) is 59.3 Å². The summed E-state index contributed by atoms with van der Waals surface area (Å²) in [4.78, 5) is 12.2. The summed E-state index contributed by atoms with van der Waals surface area (Å²) < 4.78 is 0. The Kier molecular flexibility index (Phi) is 5.93. The van der Waals surface area contributed by atoms with E-state index < -0.39 is 0 Å². The molecule has 7 atom stereocenters. The van der Waals surface area contributed by atoms with E-state index in [1.54, 1.807) is 5.57 Å². The Morgan fingerprint density at radius 2 is 1.72 bits per heavy atom. The van der Waals surface area contributed by atoms with Crippen LogP contribution in [-0.4, -0.2) is 17.0 Å². The zero-order valence-electron chi connectivity index (χ0n) is 21.9. The maximum atomic E-state index is 12.2. The zero-order valence-corrected chi connectivity index (χ0v) is 21.9. The van der Waals surface area contributed by atoms with Crippen LogP contribution in [-0.2, 0) is 4.79 Å². The van der Waals surface area contributed by atoms with Gasteiger partial charge in [0.1, 0.15) is 0 Å². The van der Waals surface area contributed by atoms with Gasteiger partial charge in [0.15, 0.2) is 5.78 Å². The quantitative estimate of drug-likeness (QED) is 0.352. The van der Waals surface area contributed by atoms with Crippen LogP contribution in [0.3, 0.4) is 0 Å². The predicted octanol–water partition coefficient (Wildman–Crippen LogP) is 7.66. The number of ketones is 1. The summed E-state index contributed by atoms with van der Waals surface area (Å²) in [6.45, 7) is 20.5. The molecule has 4 aliphatic carbocycles. The molecule has 2 unspecified atom stereocenters. The second kappa shape index (κ2) is 7.82. The number of aliphatic hydroxyl groups excluding tert-OH is 1. The van der Waals surface area contributed by atoms with Crippen LogP contribution in [0, 0.1) is 39.4 Å². The fraction of sp³-hybridized carbons (Fsp3) is 0.833. The molecule has 2 fully saturated rings. The van der Waals surface area contributed by atoms with E-state index in [2.05, 4.69) is 48.1 Å². The summed E-state index contributed by atoms with van der Waals surface area (Å²) in [7, 11) is 0. The first-order valence-corrected chi connectivity index (χ1v) is 13.4. The minimum Gasteiger partial charge on any atom is -0.393 e. The third-order valence-corrected chi connectivity index (χ3v) is 11.8. The third kappa shape index (κ3) is 3.25. The van der Waals surface area contributed by atoms with Crippen molar-refractivity contribution in [2.24, 2.45) is 39.4 Å². The molecule has 0 radical (unpaired) electrons. The average molecular weight is 441 g/mol. The predicted molar refractivity (Wildman–Crippen MR) is 133 cm³/mol. The monoisotopic (exact) mass is 440 g/mol. The van der Waals surface area contributed by atoms with Gasteiger partial charge in [0, 0.05) is 6.42 Å². The van der Waals surface area contributed by atoms with Gasteiger partial charge in [-0.15, -0.1) is 0 Å². The number of carbonyl (C=O) groups is 1. The number of Topliss-reactive ketones (excluding diaryl/α,β-unsaturated/α-hetero) is 1. The lowest BCUT2D eigenvalue weighted by atomic mass is 9.43. The van der Waals surface area contributed by atoms with Gasteiger partial charge in [0.05, 0.1) is 6.10 Å². The molecule has 0 bridgehead atoms. The molecule has 180 valence electrons. The van der Waals surface area contributed by atoms with Gasteiger partial charge < -0.3 is 5.11 Å². The Balaban J connectivity index is 1.63. The average Bonchev–Trinajstić information content (AvgIpc) is 3.00. The van der Waals surface area contributed by atoms with E-state index in [4.69, 9.17) is 0 Å². The zero-order chi connectivity index (χ0) is 23.7. The highest BCUT2D eigenvalue weighted by atomic mass is 16.3. The minimum atomic E-state index is -0.161. The fourth-order valence-corrected chi connectivity index (χ4v) is 9.40. The molecule has 0 aromatic carbocycles. The Labute approximate surface area is 197 Å².